The summed E-state index contributed by atoms with van der Waals surface area (Å²) in [6.45, 7) is 4.42. The summed E-state index contributed by atoms with van der Waals surface area (Å²) in [6, 6.07) is 2.60. The van der Waals surface area contributed by atoms with Gasteiger partial charge in [0.05, 0.1) is 6.20 Å². The van der Waals surface area contributed by atoms with E-state index in [1.54, 1.807) is 6.20 Å². The van der Waals surface area contributed by atoms with Crippen LogP contribution >= 0.6 is 0 Å². The highest BCUT2D eigenvalue weighted by atomic mass is 15.2. The van der Waals surface area contributed by atoms with Gasteiger partial charge in [-0.25, -0.2) is 0 Å². The van der Waals surface area contributed by atoms with E-state index in [9.17, 15) is 0 Å². The second-order valence-corrected chi connectivity index (χ2v) is 4.69. The van der Waals surface area contributed by atoms with E-state index in [1.165, 1.54) is 23.9 Å². The molecule has 0 amide bonds. The predicted octanol–water partition coefficient (Wildman–Crippen LogP) is 1.62. The quantitative estimate of drug-likeness (QED) is 0.726. The number of hydrogen-bond donors (Lipinski definition) is 0. The zero-order valence-electron chi connectivity index (χ0n) is 9.72. The molecule has 4 heteroatoms. The molecule has 1 fully saturated rings. The Morgan fingerprint density at radius 3 is 3.06 bits per heavy atom. The molecule has 1 saturated heterocycles. The van der Waals surface area contributed by atoms with Crippen LogP contribution in [0.3, 0.4) is 0 Å². The number of likely N-dealkylation sites (N-methyl/N-ethyl adjacent to an activating group) is 1. The lowest BCUT2D eigenvalue weighted by Gasteiger charge is -2.12. The van der Waals surface area contributed by atoms with Gasteiger partial charge in [-0.2, -0.15) is 5.10 Å². The maximum Gasteiger partial charge on any atom is 0.163 e. The molecule has 0 saturated carbocycles. The van der Waals surface area contributed by atoms with E-state index in [2.05, 4.69) is 39.8 Å². The van der Waals surface area contributed by atoms with Gasteiger partial charge in [0.25, 0.3) is 0 Å². The van der Waals surface area contributed by atoms with E-state index in [4.69, 9.17) is 0 Å². The lowest BCUT2D eigenvalue weighted by molar-refractivity contribution is 0.394. The van der Waals surface area contributed by atoms with Gasteiger partial charge in [-0.05, 0) is 38.6 Å². The van der Waals surface area contributed by atoms with Gasteiger partial charge in [-0.3, -0.25) is 0 Å². The lowest BCUT2D eigenvalue weighted by Crippen LogP contribution is -2.16. The van der Waals surface area contributed by atoms with Crippen LogP contribution < -0.4 is 0 Å². The van der Waals surface area contributed by atoms with E-state index < -0.39 is 0 Å². The molecule has 84 valence electrons. The Labute approximate surface area is 94.9 Å². The minimum Gasteiger partial charge on any atom is -0.326 e. The third kappa shape index (κ3) is 1.41. The molecule has 2 aromatic rings. The van der Waals surface area contributed by atoms with Crippen molar-refractivity contribution in [2.24, 2.45) is 0 Å². The van der Waals surface area contributed by atoms with E-state index in [0.717, 1.165) is 12.2 Å². The van der Waals surface area contributed by atoms with Gasteiger partial charge in [0, 0.05) is 24.2 Å². The summed E-state index contributed by atoms with van der Waals surface area (Å²) in [4.78, 5) is 2.36. The molecule has 3 heterocycles. The molecular weight excluding hydrogens is 200 g/mol. The van der Waals surface area contributed by atoms with Gasteiger partial charge in [0.1, 0.15) is 0 Å². The first-order valence-electron chi connectivity index (χ1n) is 5.73. The minimum absolute atomic E-state index is 0.554. The van der Waals surface area contributed by atoms with Crippen molar-refractivity contribution in [1.82, 2.24) is 19.7 Å². The fourth-order valence-electron chi connectivity index (χ4n) is 2.58. The van der Waals surface area contributed by atoms with Crippen molar-refractivity contribution in [3.8, 4) is 0 Å². The summed E-state index contributed by atoms with van der Waals surface area (Å²) < 4.78 is 2.29. The molecule has 1 unspecified atom stereocenters. The first-order chi connectivity index (χ1) is 7.75. The molecule has 4 nitrogen and oxygen atoms in total. The zero-order chi connectivity index (χ0) is 11.1. The van der Waals surface area contributed by atoms with Gasteiger partial charge in [-0.15, -0.1) is 5.10 Å². The molecule has 0 aliphatic carbocycles. The smallest absolute Gasteiger partial charge is 0.163 e. The van der Waals surface area contributed by atoms with Crippen molar-refractivity contribution in [1.29, 1.82) is 0 Å². The lowest BCUT2D eigenvalue weighted by atomic mass is 10.2. The largest absolute Gasteiger partial charge is 0.326 e. The van der Waals surface area contributed by atoms with Crippen LogP contribution in [0.5, 0.6) is 0 Å². The number of aromatic nitrogens is 3. The number of rotatable bonds is 1. The molecular formula is C12H16N4. The SMILES string of the molecule is Cc1cn(C2CCN(C)C2)c2nnccc12. The molecule has 0 aromatic carbocycles. The highest BCUT2D eigenvalue weighted by Gasteiger charge is 2.23. The molecule has 3 rings (SSSR count). The van der Waals surface area contributed by atoms with Gasteiger partial charge in [-0.1, -0.05) is 0 Å². The van der Waals surface area contributed by atoms with Crippen molar-refractivity contribution in [3.63, 3.8) is 0 Å². The minimum atomic E-state index is 0.554. The Kier molecular flexibility index (Phi) is 2.17. The van der Waals surface area contributed by atoms with Crippen molar-refractivity contribution in [3.05, 3.63) is 24.0 Å². The third-order valence-electron chi connectivity index (χ3n) is 3.46. The fourth-order valence-corrected chi connectivity index (χ4v) is 2.58. The Balaban J connectivity index is 2.10. The van der Waals surface area contributed by atoms with Crippen LogP contribution in [0.2, 0.25) is 0 Å². The third-order valence-corrected chi connectivity index (χ3v) is 3.46. The summed E-state index contributed by atoms with van der Waals surface area (Å²) in [5, 5.41) is 9.49. The van der Waals surface area contributed by atoms with Crippen LogP contribution in [0.4, 0.5) is 0 Å². The fraction of sp³-hybridized carbons (Fsp3) is 0.500. The number of fused-ring (bicyclic) bond motifs is 1. The summed E-state index contributed by atoms with van der Waals surface area (Å²) >= 11 is 0. The van der Waals surface area contributed by atoms with Crippen LogP contribution in [-0.4, -0.2) is 39.8 Å². The summed E-state index contributed by atoms with van der Waals surface area (Å²) in [5.41, 5.74) is 2.32. The highest BCUT2D eigenvalue weighted by Crippen LogP contribution is 2.27. The number of aryl methyl sites for hydroxylation is 1. The van der Waals surface area contributed by atoms with Gasteiger partial charge < -0.3 is 9.47 Å². The predicted molar refractivity (Wildman–Crippen MR) is 63.4 cm³/mol. The van der Waals surface area contributed by atoms with Crippen LogP contribution in [0, 0.1) is 6.92 Å². The van der Waals surface area contributed by atoms with E-state index in [1.807, 2.05) is 6.07 Å². The van der Waals surface area contributed by atoms with Crippen LogP contribution in [0.1, 0.15) is 18.0 Å². The molecule has 0 bridgehead atoms. The van der Waals surface area contributed by atoms with E-state index in [0.29, 0.717) is 6.04 Å². The Bertz CT molecular complexity index is 517. The van der Waals surface area contributed by atoms with Crippen molar-refractivity contribution < 1.29 is 0 Å². The Hall–Kier alpha value is -1.42. The zero-order valence-corrected chi connectivity index (χ0v) is 9.72. The molecule has 2 aromatic heterocycles. The second kappa shape index (κ2) is 3.56. The van der Waals surface area contributed by atoms with Gasteiger partial charge in [0.2, 0.25) is 0 Å². The summed E-state index contributed by atoms with van der Waals surface area (Å²) in [6.07, 6.45) is 5.18. The number of hydrogen-bond acceptors (Lipinski definition) is 3. The monoisotopic (exact) mass is 216 g/mol. The molecule has 1 aliphatic rings. The number of likely N-dealkylation sites (tertiary alicyclic amines) is 1. The molecule has 16 heavy (non-hydrogen) atoms. The molecule has 0 radical (unpaired) electrons. The standard InChI is InChI=1S/C12H16N4/c1-9-7-16(10-4-6-15(2)8-10)12-11(9)3-5-13-14-12/h3,5,7,10H,4,6,8H2,1-2H3. The normalized spacial score (nSPS) is 22.0. The first kappa shape index (κ1) is 9.78. The topological polar surface area (TPSA) is 34.0 Å². The van der Waals surface area contributed by atoms with Gasteiger partial charge >= 0.3 is 0 Å². The maximum absolute atomic E-state index is 4.27. The first-order valence-corrected chi connectivity index (χ1v) is 5.73. The van der Waals surface area contributed by atoms with Gasteiger partial charge in [0.15, 0.2) is 5.65 Å². The average Bonchev–Trinajstić information content (AvgIpc) is 2.84. The summed E-state index contributed by atoms with van der Waals surface area (Å²) in [5.74, 6) is 0. The Morgan fingerprint density at radius 1 is 1.44 bits per heavy atom. The molecule has 0 N–H and O–H groups in total. The number of nitrogens with zero attached hydrogens (tertiary/aromatic N) is 4. The van der Waals surface area contributed by atoms with Crippen molar-refractivity contribution in [2.45, 2.75) is 19.4 Å². The van der Waals surface area contributed by atoms with Crippen molar-refractivity contribution in [2.75, 3.05) is 20.1 Å². The second-order valence-electron chi connectivity index (χ2n) is 4.69. The maximum atomic E-state index is 4.27. The van der Waals surface area contributed by atoms with Crippen LogP contribution in [0.25, 0.3) is 11.0 Å². The highest BCUT2D eigenvalue weighted by molar-refractivity contribution is 5.79. The van der Waals surface area contributed by atoms with Crippen molar-refractivity contribution >= 4 is 11.0 Å². The average molecular weight is 216 g/mol. The van der Waals surface area contributed by atoms with Crippen LogP contribution in [-0.2, 0) is 0 Å². The van der Waals surface area contributed by atoms with E-state index in [-0.39, 0.29) is 0 Å². The Morgan fingerprint density at radius 2 is 2.31 bits per heavy atom. The molecule has 0 spiro atoms. The molecule has 1 atom stereocenters. The molecule has 1 aliphatic heterocycles. The summed E-state index contributed by atoms with van der Waals surface area (Å²) in [7, 11) is 2.17. The van der Waals surface area contributed by atoms with E-state index >= 15 is 0 Å². The van der Waals surface area contributed by atoms with Crippen LogP contribution in [0.15, 0.2) is 18.5 Å².